The highest BCUT2D eigenvalue weighted by Gasteiger charge is 2.28. The van der Waals surface area contributed by atoms with Crippen molar-refractivity contribution in [2.45, 2.75) is 18.2 Å². The minimum absolute atomic E-state index is 0.0410. The Balaban J connectivity index is 2.60. The summed E-state index contributed by atoms with van der Waals surface area (Å²) in [5.41, 5.74) is 5.20. The molecule has 1 amide bonds. The number of halogens is 1. The van der Waals surface area contributed by atoms with Crippen molar-refractivity contribution in [1.29, 1.82) is 0 Å². The number of amides is 1. The number of carbonyl (C=O) groups excluding carboxylic acids is 1. The lowest BCUT2D eigenvalue weighted by atomic mass is 10.2. The van der Waals surface area contributed by atoms with Crippen LogP contribution in [-0.4, -0.2) is 25.8 Å². The molecule has 0 aliphatic rings. The Morgan fingerprint density at radius 1 is 1.27 bits per heavy atom. The van der Waals surface area contributed by atoms with E-state index in [4.69, 9.17) is 17.3 Å². The molecule has 0 saturated carbocycles. The number of hydrogen-bond donors (Lipinski definition) is 1. The average Bonchev–Trinajstić information content (AvgIpc) is 2.57. The Morgan fingerprint density at radius 3 is 2.42 bits per heavy atom. The van der Waals surface area contributed by atoms with Gasteiger partial charge < -0.3 is 5.73 Å². The van der Waals surface area contributed by atoms with E-state index >= 15 is 0 Å². The van der Waals surface area contributed by atoms with Crippen LogP contribution in [0.1, 0.15) is 12.0 Å². The van der Waals surface area contributed by atoms with E-state index in [1.165, 1.54) is 6.92 Å². The van der Waals surface area contributed by atoms with Crippen molar-refractivity contribution >= 4 is 38.9 Å². The van der Waals surface area contributed by atoms with Crippen molar-refractivity contribution in [3.63, 3.8) is 0 Å². The lowest BCUT2D eigenvalue weighted by Crippen LogP contribution is -2.34. The van der Waals surface area contributed by atoms with Crippen LogP contribution in [-0.2, 0) is 14.8 Å². The van der Waals surface area contributed by atoms with Gasteiger partial charge in [0.2, 0.25) is 5.91 Å². The third-order valence-corrected chi connectivity index (χ3v) is 5.88. The van der Waals surface area contributed by atoms with E-state index in [0.717, 1.165) is 16.4 Å². The van der Waals surface area contributed by atoms with Crippen LogP contribution in [0, 0.1) is 17.0 Å². The molecule has 0 aromatic heterocycles. The predicted octanol–water partition coefficient (Wildman–Crippen LogP) is 2.63. The number of nitro benzene ring substituents is 1. The van der Waals surface area contributed by atoms with Crippen LogP contribution in [0.5, 0.6) is 0 Å². The van der Waals surface area contributed by atoms with Crippen molar-refractivity contribution in [2.75, 3.05) is 10.8 Å². The first-order valence-electron chi connectivity index (χ1n) is 7.45. The summed E-state index contributed by atoms with van der Waals surface area (Å²) < 4.78 is 27.1. The zero-order valence-corrected chi connectivity index (χ0v) is 15.3. The second kappa shape index (κ2) is 7.71. The molecule has 0 aliphatic carbocycles. The van der Waals surface area contributed by atoms with E-state index < -0.39 is 26.5 Å². The number of nitrogens with zero attached hydrogens (tertiary/aromatic N) is 2. The molecule has 2 aromatic carbocycles. The van der Waals surface area contributed by atoms with Crippen LogP contribution < -0.4 is 10.0 Å². The first kappa shape index (κ1) is 19.7. The Labute approximate surface area is 155 Å². The fraction of sp³-hybridized carbons (Fsp3) is 0.188. The Hall–Kier alpha value is -2.65. The molecule has 0 saturated heterocycles. The maximum absolute atomic E-state index is 13.1. The van der Waals surface area contributed by atoms with Crippen LogP contribution in [0.3, 0.4) is 0 Å². The van der Waals surface area contributed by atoms with Crippen LogP contribution in [0.25, 0.3) is 0 Å². The molecule has 0 atom stereocenters. The fourth-order valence-corrected chi connectivity index (χ4v) is 4.09. The molecule has 0 radical (unpaired) electrons. The van der Waals surface area contributed by atoms with Crippen LogP contribution in [0.2, 0.25) is 5.02 Å². The number of rotatable bonds is 7. The molecule has 138 valence electrons. The second-order valence-electron chi connectivity index (χ2n) is 5.44. The van der Waals surface area contributed by atoms with Crippen molar-refractivity contribution in [3.8, 4) is 0 Å². The highest BCUT2D eigenvalue weighted by Crippen LogP contribution is 2.32. The summed E-state index contributed by atoms with van der Waals surface area (Å²) in [7, 11) is -4.21. The summed E-state index contributed by atoms with van der Waals surface area (Å²) in [5, 5.41) is 11.1. The number of primary amides is 1. The molecule has 8 nitrogen and oxygen atoms in total. The van der Waals surface area contributed by atoms with Gasteiger partial charge in [0.15, 0.2) is 0 Å². The molecule has 26 heavy (non-hydrogen) atoms. The summed E-state index contributed by atoms with van der Waals surface area (Å²) in [4.78, 5) is 21.3. The normalized spacial score (nSPS) is 11.2. The molecule has 0 aliphatic heterocycles. The van der Waals surface area contributed by atoms with Gasteiger partial charge in [-0.3, -0.25) is 19.2 Å². The van der Waals surface area contributed by atoms with Crippen molar-refractivity contribution < 1.29 is 18.1 Å². The number of benzene rings is 2. The van der Waals surface area contributed by atoms with Crippen molar-refractivity contribution in [1.82, 2.24) is 0 Å². The summed E-state index contributed by atoms with van der Waals surface area (Å²) in [6.07, 6.45) is -0.212. The summed E-state index contributed by atoms with van der Waals surface area (Å²) in [6.45, 7) is 1.22. The number of nitro groups is 1. The number of carbonyl (C=O) groups is 1. The maximum Gasteiger partial charge on any atom is 0.275 e. The first-order chi connectivity index (χ1) is 12.1. The standard InChI is InChI=1S/C16H16ClN3O5S/c1-11-14(17)9-13(10-15(11)20(22)23)26(24,25)19(8-7-16(18)21)12-5-3-2-4-6-12/h2-6,9-10H,7-8H2,1H3,(H2,18,21). The molecule has 0 unspecified atom stereocenters. The fourth-order valence-electron chi connectivity index (χ4n) is 2.30. The molecule has 2 rings (SSSR count). The van der Waals surface area contributed by atoms with Crippen LogP contribution in [0.4, 0.5) is 11.4 Å². The minimum Gasteiger partial charge on any atom is -0.370 e. The number of anilines is 1. The van der Waals surface area contributed by atoms with Gasteiger partial charge in [-0.15, -0.1) is 0 Å². The van der Waals surface area contributed by atoms with Crippen LogP contribution >= 0.6 is 11.6 Å². The summed E-state index contributed by atoms with van der Waals surface area (Å²) in [5.74, 6) is -0.672. The summed E-state index contributed by atoms with van der Waals surface area (Å²) >= 11 is 5.99. The Kier molecular flexibility index (Phi) is 5.83. The van der Waals surface area contributed by atoms with Gasteiger partial charge in [0.05, 0.1) is 20.5 Å². The van der Waals surface area contributed by atoms with Gasteiger partial charge in [-0.05, 0) is 25.1 Å². The summed E-state index contributed by atoms with van der Waals surface area (Å²) in [6, 6.07) is 10.2. The van der Waals surface area contributed by atoms with E-state index in [1.807, 2.05) is 0 Å². The zero-order valence-electron chi connectivity index (χ0n) is 13.8. The number of hydrogen-bond acceptors (Lipinski definition) is 5. The highest BCUT2D eigenvalue weighted by molar-refractivity contribution is 7.92. The largest absolute Gasteiger partial charge is 0.370 e. The van der Waals surface area contributed by atoms with Gasteiger partial charge in [-0.2, -0.15) is 0 Å². The molecule has 0 fully saturated rings. The average molecular weight is 398 g/mol. The number of sulfonamides is 1. The van der Waals surface area contributed by atoms with Crippen LogP contribution in [0.15, 0.2) is 47.4 Å². The topological polar surface area (TPSA) is 124 Å². The number of nitrogens with two attached hydrogens (primary N) is 1. The third-order valence-electron chi connectivity index (χ3n) is 3.68. The van der Waals surface area contributed by atoms with E-state index in [1.54, 1.807) is 30.3 Å². The maximum atomic E-state index is 13.1. The molecule has 2 N–H and O–H groups in total. The van der Waals surface area contributed by atoms with Gasteiger partial charge in [0.25, 0.3) is 15.7 Å². The van der Waals surface area contributed by atoms with Crippen molar-refractivity contribution in [2.24, 2.45) is 5.73 Å². The molecule has 10 heteroatoms. The monoisotopic (exact) mass is 397 g/mol. The SMILES string of the molecule is Cc1c(Cl)cc(S(=O)(=O)N(CCC(N)=O)c2ccccc2)cc1[N+](=O)[O-]. The zero-order chi connectivity index (χ0) is 19.5. The highest BCUT2D eigenvalue weighted by atomic mass is 35.5. The minimum atomic E-state index is -4.21. The molecular weight excluding hydrogens is 382 g/mol. The second-order valence-corrected chi connectivity index (χ2v) is 7.70. The van der Waals surface area contributed by atoms with E-state index in [9.17, 15) is 23.3 Å². The Morgan fingerprint density at radius 2 is 1.88 bits per heavy atom. The third kappa shape index (κ3) is 4.12. The first-order valence-corrected chi connectivity index (χ1v) is 9.27. The quantitative estimate of drug-likeness (QED) is 0.568. The van der Waals surface area contributed by atoms with E-state index in [-0.39, 0.29) is 28.4 Å². The lowest BCUT2D eigenvalue weighted by Gasteiger charge is -2.24. The van der Waals surface area contributed by atoms with Gasteiger partial charge in [-0.25, -0.2) is 8.42 Å². The molecule has 0 bridgehead atoms. The number of para-hydroxylation sites is 1. The van der Waals surface area contributed by atoms with Gasteiger partial charge in [-0.1, -0.05) is 29.8 Å². The molecular formula is C16H16ClN3O5S. The lowest BCUT2D eigenvalue weighted by molar-refractivity contribution is -0.385. The predicted molar refractivity (Wildman–Crippen MR) is 97.6 cm³/mol. The van der Waals surface area contributed by atoms with E-state index in [0.29, 0.717) is 5.69 Å². The molecule has 2 aromatic rings. The molecule has 0 heterocycles. The van der Waals surface area contributed by atoms with E-state index in [2.05, 4.69) is 0 Å². The Bertz CT molecular complexity index is 948. The van der Waals surface area contributed by atoms with Gasteiger partial charge in [0.1, 0.15) is 0 Å². The van der Waals surface area contributed by atoms with Gasteiger partial charge >= 0.3 is 0 Å². The smallest absolute Gasteiger partial charge is 0.275 e. The van der Waals surface area contributed by atoms with Crippen molar-refractivity contribution in [3.05, 3.63) is 63.2 Å². The molecule has 0 spiro atoms. The van der Waals surface area contributed by atoms with Gasteiger partial charge in [0, 0.05) is 24.6 Å².